The van der Waals surface area contributed by atoms with Crippen LogP contribution < -0.4 is 10.6 Å². The number of guanidine groups is 1. The van der Waals surface area contributed by atoms with Crippen LogP contribution in [0.1, 0.15) is 61.0 Å². The van der Waals surface area contributed by atoms with Crippen LogP contribution in [-0.4, -0.2) is 48.1 Å². The maximum Gasteiger partial charge on any atom is 0.191 e. The molecule has 0 unspecified atom stereocenters. The first-order valence-electron chi connectivity index (χ1n) is 9.24. The Labute approximate surface area is 150 Å². The Morgan fingerprint density at radius 1 is 1.29 bits per heavy atom. The lowest BCUT2D eigenvalue weighted by atomic mass is 10.1. The van der Waals surface area contributed by atoms with Crippen molar-refractivity contribution in [2.75, 3.05) is 20.1 Å². The van der Waals surface area contributed by atoms with Gasteiger partial charge in [-0.05, 0) is 38.5 Å². The molecule has 6 heteroatoms. The van der Waals surface area contributed by atoms with Crippen molar-refractivity contribution in [1.82, 2.24) is 20.5 Å². The molecule has 0 aromatic carbocycles. The summed E-state index contributed by atoms with van der Waals surface area (Å²) < 4.78 is 0. The van der Waals surface area contributed by atoms with Gasteiger partial charge in [0.15, 0.2) is 5.96 Å². The highest BCUT2D eigenvalue weighted by Gasteiger charge is 2.31. The Morgan fingerprint density at radius 3 is 2.54 bits per heavy atom. The monoisotopic (exact) mass is 349 g/mol. The van der Waals surface area contributed by atoms with Gasteiger partial charge in [-0.2, -0.15) is 0 Å². The van der Waals surface area contributed by atoms with Crippen molar-refractivity contribution in [3.63, 3.8) is 0 Å². The number of aryl methyl sites for hydroxylation is 1. The largest absolute Gasteiger partial charge is 0.354 e. The SMILES string of the molecule is CN=C(NCc1nc(C(C)C)c(C)s1)NC1CCN(C2CC2)CC1. The van der Waals surface area contributed by atoms with Crippen LogP contribution in [0, 0.1) is 6.92 Å². The van der Waals surface area contributed by atoms with E-state index in [1.54, 1.807) is 11.3 Å². The van der Waals surface area contributed by atoms with Crippen LogP contribution in [0.3, 0.4) is 0 Å². The number of thiazole rings is 1. The van der Waals surface area contributed by atoms with Crippen molar-refractivity contribution in [3.05, 3.63) is 15.6 Å². The average molecular weight is 350 g/mol. The molecule has 0 atom stereocenters. The number of nitrogens with zero attached hydrogens (tertiary/aromatic N) is 3. The molecule has 0 radical (unpaired) electrons. The summed E-state index contributed by atoms with van der Waals surface area (Å²) in [5.41, 5.74) is 1.23. The van der Waals surface area contributed by atoms with Gasteiger partial charge in [-0.25, -0.2) is 4.98 Å². The molecule has 5 nitrogen and oxygen atoms in total. The van der Waals surface area contributed by atoms with E-state index in [0.717, 1.165) is 23.6 Å². The molecule has 1 aliphatic heterocycles. The highest BCUT2D eigenvalue weighted by Crippen LogP contribution is 2.29. The van der Waals surface area contributed by atoms with Gasteiger partial charge in [-0.3, -0.25) is 4.99 Å². The number of nitrogens with one attached hydrogen (secondary N) is 2. The third kappa shape index (κ3) is 4.48. The lowest BCUT2D eigenvalue weighted by molar-refractivity contribution is 0.197. The van der Waals surface area contributed by atoms with Gasteiger partial charge in [0.05, 0.1) is 12.2 Å². The molecule has 1 aromatic heterocycles. The lowest BCUT2D eigenvalue weighted by Crippen LogP contribution is -2.48. The second kappa shape index (κ2) is 7.83. The smallest absolute Gasteiger partial charge is 0.191 e. The number of hydrogen-bond donors (Lipinski definition) is 2. The Kier molecular flexibility index (Phi) is 5.76. The topological polar surface area (TPSA) is 52.6 Å². The molecule has 1 aromatic rings. The molecule has 24 heavy (non-hydrogen) atoms. The molecule has 3 rings (SSSR count). The second-order valence-corrected chi connectivity index (χ2v) is 8.60. The van der Waals surface area contributed by atoms with E-state index < -0.39 is 0 Å². The molecular formula is C18H31N5S. The maximum atomic E-state index is 4.77. The predicted octanol–water partition coefficient (Wildman–Crippen LogP) is 2.87. The van der Waals surface area contributed by atoms with Crippen LogP contribution in [0.25, 0.3) is 0 Å². The third-order valence-electron chi connectivity index (χ3n) is 4.99. The van der Waals surface area contributed by atoms with Gasteiger partial charge >= 0.3 is 0 Å². The standard InChI is InChI=1S/C18H31N5S/c1-12(2)17-13(3)24-16(22-17)11-20-18(19-4)21-14-7-9-23(10-8-14)15-5-6-15/h12,14-15H,5-11H2,1-4H3,(H2,19,20,21). The average Bonchev–Trinajstić information content (AvgIpc) is 3.34. The van der Waals surface area contributed by atoms with Crippen LogP contribution in [0.2, 0.25) is 0 Å². The number of aromatic nitrogens is 1. The summed E-state index contributed by atoms with van der Waals surface area (Å²) in [5, 5.41) is 8.16. The quantitative estimate of drug-likeness (QED) is 0.634. The first-order valence-corrected chi connectivity index (χ1v) is 10.1. The normalized spacial score (nSPS) is 20.6. The Balaban J connectivity index is 1.46. The number of likely N-dealkylation sites (tertiary alicyclic amines) is 1. The van der Waals surface area contributed by atoms with E-state index in [-0.39, 0.29) is 0 Å². The van der Waals surface area contributed by atoms with E-state index in [0.29, 0.717) is 12.0 Å². The van der Waals surface area contributed by atoms with Crippen molar-refractivity contribution >= 4 is 17.3 Å². The number of aliphatic imine (C=N–C) groups is 1. The minimum atomic E-state index is 0.490. The Bertz CT molecular complexity index is 568. The molecule has 1 saturated heterocycles. The number of rotatable bonds is 5. The zero-order valence-electron chi connectivity index (χ0n) is 15.4. The first-order chi connectivity index (χ1) is 11.6. The summed E-state index contributed by atoms with van der Waals surface area (Å²) in [6.07, 6.45) is 5.25. The molecule has 0 spiro atoms. The fourth-order valence-electron chi connectivity index (χ4n) is 3.47. The van der Waals surface area contributed by atoms with E-state index >= 15 is 0 Å². The third-order valence-corrected chi connectivity index (χ3v) is 5.97. The molecule has 2 heterocycles. The van der Waals surface area contributed by atoms with E-state index in [9.17, 15) is 0 Å². The molecular weight excluding hydrogens is 318 g/mol. The Morgan fingerprint density at radius 2 is 2.00 bits per heavy atom. The fourth-order valence-corrected chi connectivity index (χ4v) is 4.50. The summed E-state index contributed by atoms with van der Waals surface area (Å²) in [6.45, 7) is 9.77. The van der Waals surface area contributed by atoms with E-state index in [4.69, 9.17) is 4.98 Å². The Hall–Kier alpha value is -1.14. The molecule has 134 valence electrons. The van der Waals surface area contributed by atoms with Crippen LogP contribution in [0.4, 0.5) is 0 Å². The van der Waals surface area contributed by atoms with Gasteiger partial charge in [-0.15, -0.1) is 11.3 Å². The van der Waals surface area contributed by atoms with Crippen molar-refractivity contribution < 1.29 is 0 Å². The minimum absolute atomic E-state index is 0.490. The van der Waals surface area contributed by atoms with E-state index in [1.807, 2.05) is 7.05 Å². The second-order valence-electron chi connectivity index (χ2n) is 7.32. The van der Waals surface area contributed by atoms with Gasteiger partial charge in [0, 0.05) is 37.1 Å². The van der Waals surface area contributed by atoms with Crippen LogP contribution >= 0.6 is 11.3 Å². The number of piperidine rings is 1. The van der Waals surface area contributed by atoms with E-state index in [2.05, 4.69) is 41.3 Å². The minimum Gasteiger partial charge on any atom is -0.354 e. The van der Waals surface area contributed by atoms with Gasteiger partial charge in [0.2, 0.25) is 0 Å². The lowest BCUT2D eigenvalue weighted by Gasteiger charge is -2.33. The predicted molar refractivity (Wildman–Crippen MR) is 102 cm³/mol. The molecule has 2 aliphatic rings. The maximum absolute atomic E-state index is 4.77. The first kappa shape index (κ1) is 17.7. The van der Waals surface area contributed by atoms with Crippen molar-refractivity contribution in [2.24, 2.45) is 4.99 Å². The zero-order chi connectivity index (χ0) is 17.1. The van der Waals surface area contributed by atoms with Crippen molar-refractivity contribution in [1.29, 1.82) is 0 Å². The molecule has 0 bridgehead atoms. The summed E-state index contributed by atoms with van der Waals surface area (Å²) in [7, 11) is 1.85. The molecule has 2 fully saturated rings. The van der Waals surface area contributed by atoms with Gasteiger partial charge < -0.3 is 15.5 Å². The van der Waals surface area contributed by atoms with Gasteiger partial charge in [0.25, 0.3) is 0 Å². The van der Waals surface area contributed by atoms with Crippen LogP contribution in [-0.2, 0) is 6.54 Å². The van der Waals surface area contributed by atoms with Gasteiger partial charge in [0.1, 0.15) is 5.01 Å². The highest BCUT2D eigenvalue weighted by molar-refractivity contribution is 7.11. The van der Waals surface area contributed by atoms with Gasteiger partial charge in [-0.1, -0.05) is 13.8 Å². The van der Waals surface area contributed by atoms with Crippen LogP contribution in [0.5, 0.6) is 0 Å². The summed E-state index contributed by atoms with van der Waals surface area (Å²) in [6, 6.07) is 1.43. The summed E-state index contributed by atoms with van der Waals surface area (Å²) in [4.78, 5) is 13.1. The van der Waals surface area contributed by atoms with Crippen molar-refractivity contribution in [2.45, 2.75) is 71.0 Å². The number of hydrogen-bond acceptors (Lipinski definition) is 4. The molecule has 1 aliphatic carbocycles. The summed E-state index contributed by atoms with van der Waals surface area (Å²) >= 11 is 1.79. The fraction of sp³-hybridized carbons (Fsp3) is 0.778. The van der Waals surface area contributed by atoms with E-state index in [1.165, 1.54) is 49.3 Å². The van der Waals surface area contributed by atoms with Crippen molar-refractivity contribution in [3.8, 4) is 0 Å². The molecule has 1 saturated carbocycles. The highest BCUT2D eigenvalue weighted by atomic mass is 32.1. The molecule has 0 amide bonds. The van der Waals surface area contributed by atoms with Crippen LogP contribution in [0.15, 0.2) is 4.99 Å². The zero-order valence-corrected chi connectivity index (χ0v) is 16.2. The summed E-state index contributed by atoms with van der Waals surface area (Å²) in [5.74, 6) is 1.39. The molecule has 2 N–H and O–H groups in total.